The first-order chi connectivity index (χ1) is 12.4. The van der Waals surface area contributed by atoms with E-state index in [2.05, 4.69) is 15.6 Å². The molecular formula is C18H19Cl2N3O3. The average molecular weight is 396 g/mol. The van der Waals surface area contributed by atoms with Crippen LogP contribution in [0.2, 0.25) is 10.2 Å². The zero-order chi connectivity index (χ0) is 19.3. The Kier molecular flexibility index (Phi) is 6.83. The monoisotopic (exact) mass is 395 g/mol. The molecule has 2 N–H and O–H groups in total. The van der Waals surface area contributed by atoms with Crippen LogP contribution in [0.1, 0.15) is 39.8 Å². The highest BCUT2D eigenvalue weighted by Gasteiger charge is 2.22. The van der Waals surface area contributed by atoms with Crippen molar-refractivity contribution in [2.45, 2.75) is 20.3 Å². The Hall–Kier alpha value is -2.31. The van der Waals surface area contributed by atoms with Crippen LogP contribution in [0.15, 0.2) is 24.3 Å². The number of carbonyl (C=O) groups excluding carboxylic acids is 2. The normalized spacial score (nSPS) is 10.3. The number of carbonyl (C=O) groups is 2. The van der Waals surface area contributed by atoms with Gasteiger partial charge in [-0.05, 0) is 37.1 Å². The van der Waals surface area contributed by atoms with E-state index >= 15 is 0 Å². The largest absolute Gasteiger partial charge is 0.493 e. The molecule has 0 atom stereocenters. The molecule has 1 heterocycles. The summed E-state index contributed by atoms with van der Waals surface area (Å²) in [7, 11) is 1.41. The van der Waals surface area contributed by atoms with Gasteiger partial charge in [0.15, 0.2) is 10.9 Å². The summed E-state index contributed by atoms with van der Waals surface area (Å²) >= 11 is 12.1. The van der Waals surface area contributed by atoms with E-state index in [0.29, 0.717) is 22.8 Å². The highest BCUT2D eigenvalue weighted by atomic mass is 35.5. The molecule has 0 bridgehead atoms. The number of halogens is 2. The third kappa shape index (κ3) is 4.45. The molecular weight excluding hydrogens is 377 g/mol. The smallest absolute Gasteiger partial charge is 0.270 e. The third-order valence-electron chi connectivity index (χ3n) is 3.67. The second-order valence-electron chi connectivity index (χ2n) is 5.50. The standard InChI is InChI=1S/C18H19Cl2N3O3/c1-4-8-21-18(25)15-11(9-14(26-3)16(20)23-15)17(24)22-13-7-5-6-12(19)10(13)2/h5-7,9H,4,8H2,1-3H3,(H,21,25)(H,22,24). The van der Waals surface area contributed by atoms with Crippen LogP contribution in [0.25, 0.3) is 0 Å². The van der Waals surface area contributed by atoms with Gasteiger partial charge in [0, 0.05) is 17.3 Å². The minimum atomic E-state index is -0.514. The van der Waals surface area contributed by atoms with Crippen molar-refractivity contribution in [3.05, 3.63) is 51.3 Å². The molecule has 1 aromatic heterocycles. The predicted molar refractivity (Wildman–Crippen MR) is 103 cm³/mol. The maximum absolute atomic E-state index is 12.8. The summed E-state index contributed by atoms with van der Waals surface area (Å²) in [5, 5.41) is 5.97. The van der Waals surface area contributed by atoms with E-state index in [0.717, 1.165) is 6.42 Å². The lowest BCUT2D eigenvalue weighted by molar-refractivity contribution is 0.0935. The molecule has 8 heteroatoms. The summed E-state index contributed by atoms with van der Waals surface area (Å²) in [5.41, 5.74) is 1.24. The Labute approximate surface area is 161 Å². The Morgan fingerprint density at radius 2 is 1.96 bits per heavy atom. The zero-order valence-electron chi connectivity index (χ0n) is 14.7. The molecule has 26 heavy (non-hydrogen) atoms. The molecule has 0 radical (unpaired) electrons. The summed E-state index contributed by atoms with van der Waals surface area (Å²) in [6, 6.07) is 6.56. The summed E-state index contributed by atoms with van der Waals surface area (Å²) in [4.78, 5) is 29.2. The van der Waals surface area contributed by atoms with Crippen molar-refractivity contribution in [3.63, 3.8) is 0 Å². The zero-order valence-corrected chi connectivity index (χ0v) is 16.2. The second kappa shape index (κ2) is 8.87. The number of aromatic nitrogens is 1. The number of benzene rings is 1. The van der Waals surface area contributed by atoms with E-state index in [-0.39, 0.29) is 22.2 Å². The van der Waals surface area contributed by atoms with Gasteiger partial charge in [0.25, 0.3) is 11.8 Å². The molecule has 2 amide bonds. The topological polar surface area (TPSA) is 80.3 Å². The van der Waals surface area contributed by atoms with E-state index in [1.165, 1.54) is 13.2 Å². The van der Waals surface area contributed by atoms with Crippen molar-refractivity contribution in [1.82, 2.24) is 10.3 Å². The second-order valence-corrected chi connectivity index (χ2v) is 6.27. The number of methoxy groups -OCH3 is 1. The molecule has 0 fully saturated rings. The van der Waals surface area contributed by atoms with Crippen LogP contribution in [0, 0.1) is 6.92 Å². The van der Waals surface area contributed by atoms with E-state index in [1.54, 1.807) is 25.1 Å². The molecule has 2 aromatic rings. The number of hydrogen-bond acceptors (Lipinski definition) is 4. The van der Waals surface area contributed by atoms with E-state index in [4.69, 9.17) is 27.9 Å². The first-order valence-corrected chi connectivity index (χ1v) is 8.73. The van der Waals surface area contributed by atoms with E-state index in [9.17, 15) is 9.59 Å². The number of anilines is 1. The molecule has 0 saturated carbocycles. The fourth-order valence-electron chi connectivity index (χ4n) is 2.22. The predicted octanol–water partition coefficient (Wildman–Crippen LogP) is 4.10. The van der Waals surface area contributed by atoms with Crippen molar-refractivity contribution < 1.29 is 14.3 Å². The lowest BCUT2D eigenvalue weighted by Gasteiger charge is -2.14. The van der Waals surface area contributed by atoms with Gasteiger partial charge in [-0.3, -0.25) is 9.59 Å². The van der Waals surface area contributed by atoms with Crippen molar-refractivity contribution in [2.75, 3.05) is 19.0 Å². The number of ether oxygens (including phenoxy) is 1. The average Bonchev–Trinajstić information content (AvgIpc) is 2.63. The van der Waals surface area contributed by atoms with Crippen molar-refractivity contribution >= 4 is 40.7 Å². The first kappa shape index (κ1) is 20.0. The summed E-state index contributed by atoms with van der Waals surface area (Å²) in [5.74, 6) is -0.796. The SMILES string of the molecule is CCCNC(=O)c1nc(Cl)c(OC)cc1C(=O)Nc1cccc(Cl)c1C. The number of rotatable bonds is 6. The van der Waals surface area contributed by atoms with Crippen molar-refractivity contribution in [1.29, 1.82) is 0 Å². The lowest BCUT2D eigenvalue weighted by atomic mass is 10.1. The lowest BCUT2D eigenvalue weighted by Crippen LogP contribution is -2.28. The van der Waals surface area contributed by atoms with Crippen LogP contribution >= 0.6 is 23.2 Å². The van der Waals surface area contributed by atoms with E-state index in [1.807, 2.05) is 6.92 Å². The van der Waals surface area contributed by atoms with Crippen LogP contribution in [0.5, 0.6) is 5.75 Å². The van der Waals surface area contributed by atoms with Gasteiger partial charge in [-0.25, -0.2) is 4.98 Å². The van der Waals surface area contributed by atoms with Crippen LogP contribution in [0.3, 0.4) is 0 Å². The van der Waals surface area contributed by atoms with Gasteiger partial charge < -0.3 is 15.4 Å². The fourth-order valence-corrected chi connectivity index (χ4v) is 2.61. The number of amides is 2. The fraction of sp³-hybridized carbons (Fsp3) is 0.278. The maximum Gasteiger partial charge on any atom is 0.270 e. The first-order valence-electron chi connectivity index (χ1n) is 7.98. The van der Waals surface area contributed by atoms with Gasteiger partial charge in [-0.1, -0.05) is 36.2 Å². The van der Waals surface area contributed by atoms with Crippen LogP contribution < -0.4 is 15.4 Å². The molecule has 2 rings (SSSR count). The number of hydrogen-bond donors (Lipinski definition) is 2. The molecule has 6 nitrogen and oxygen atoms in total. The van der Waals surface area contributed by atoms with E-state index < -0.39 is 11.8 Å². The molecule has 0 spiro atoms. The summed E-state index contributed by atoms with van der Waals surface area (Å²) < 4.78 is 5.12. The molecule has 1 aromatic carbocycles. The van der Waals surface area contributed by atoms with Gasteiger partial charge >= 0.3 is 0 Å². The summed E-state index contributed by atoms with van der Waals surface area (Å²) in [6.45, 7) is 4.16. The highest BCUT2D eigenvalue weighted by molar-refractivity contribution is 6.32. The summed E-state index contributed by atoms with van der Waals surface area (Å²) in [6.07, 6.45) is 0.749. The van der Waals surface area contributed by atoms with Gasteiger partial charge in [0.2, 0.25) is 0 Å². The maximum atomic E-state index is 12.8. The van der Waals surface area contributed by atoms with Gasteiger partial charge in [0.1, 0.15) is 5.69 Å². The minimum Gasteiger partial charge on any atom is -0.493 e. The van der Waals surface area contributed by atoms with Gasteiger partial charge in [-0.2, -0.15) is 0 Å². The Morgan fingerprint density at radius 3 is 2.62 bits per heavy atom. The van der Waals surface area contributed by atoms with Crippen LogP contribution in [-0.2, 0) is 0 Å². The van der Waals surface area contributed by atoms with Crippen LogP contribution in [0.4, 0.5) is 5.69 Å². The van der Waals surface area contributed by atoms with Gasteiger partial charge in [-0.15, -0.1) is 0 Å². The third-order valence-corrected chi connectivity index (χ3v) is 4.36. The molecule has 138 valence electrons. The minimum absolute atomic E-state index is 0.00429. The Bertz CT molecular complexity index is 841. The quantitative estimate of drug-likeness (QED) is 0.721. The molecule has 0 aliphatic rings. The van der Waals surface area contributed by atoms with Crippen molar-refractivity contribution in [3.8, 4) is 5.75 Å². The number of nitrogens with one attached hydrogen (secondary N) is 2. The molecule has 0 aliphatic carbocycles. The Morgan fingerprint density at radius 1 is 1.23 bits per heavy atom. The number of pyridine rings is 1. The Balaban J connectivity index is 2.43. The van der Waals surface area contributed by atoms with Crippen LogP contribution in [-0.4, -0.2) is 30.5 Å². The van der Waals surface area contributed by atoms with Crippen molar-refractivity contribution in [2.24, 2.45) is 0 Å². The molecule has 0 aliphatic heterocycles. The number of nitrogens with zero attached hydrogens (tertiary/aromatic N) is 1. The highest BCUT2D eigenvalue weighted by Crippen LogP contribution is 2.27. The molecule has 0 saturated heterocycles. The molecule has 0 unspecified atom stereocenters. The van der Waals surface area contributed by atoms with Gasteiger partial charge in [0.05, 0.1) is 12.7 Å².